The zero-order valence-electron chi connectivity index (χ0n) is 10.2. The first-order chi connectivity index (χ1) is 7.72. The average Bonchev–Trinajstić information content (AvgIpc) is 2.68. The number of para-hydroxylation sites is 1. The highest BCUT2D eigenvalue weighted by atomic mass is 14.9. The maximum absolute atomic E-state index is 4.68. The molecule has 0 atom stereocenters. The molecule has 0 saturated carbocycles. The summed E-state index contributed by atoms with van der Waals surface area (Å²) in [5, 5.41) is 3.14. The summed E-state index contributed by atoms with van der Waals surface area (Å²) in [6.07, 6.45) is 0.947. The fourth-order valence-corrected chi connectivity index (χ4v) is 1.93. The summed E-state index contributed by atoms with van der Waals surface area (Å²) < 4.78 is 0. The van der Waals surface area contributed by atoms with Crippen molar-refractivity contribution in [1.82, 2.24) is 15.3 Å². The van der Waals surface area contributed by atoms with E-state index in [1.54, 1.807) is 0 Å². The number of likely N-dealkylation sites (N-methyl/N-ethyl adjacent to an activating group) is 1. The van der Waals surface area contributed by atoms with Gasteiger partial charge < -0.3 is 10.3 Å². The van der Waals surface area contributed by atoms with Gasteiger partial charge in [-0.3, -0.25) is 0 Å². The zero-order chi connectivity index (χ0) is 11.5. The van der Waals surface area contributed by atoms with E-state index in [2.05, 4.69) is 47.3 Å². The van der Waals surface area contributed by atoms with Crippen molar-refractivity contribution in [2.24, 2.45) is 0 Å². The van der Waals surface area contributed by atoms with Crippen LogP contribution >= 0.6 is 0 Å². The summed E-state index contributed by atoms with van der Waals surface area (Å²) in [5.74, 6) is 1.58. The first kappa shape index (κ1) is 11.1. The summed E-state index contributed by atoms with van der Waals surface area (Å²) >= 11 is 0. The lowest BCUT2D eigenvalue weighted by molar-refractivity contribution is 0.766. The highest BCUT2D eigenvalue weighted by Gasteiger charge is 2.09. The van der Waals surface area contributed by atoms with E-state index in [1.165, 1.54) is 5.56 Å². The molecule has 0 aliphatic carbocycles. The van der Waals surface area contributed by atoms with Gasteiger partial charge >= 0.3 is 0 Å². The molecule has 0 unspecified atom stereocenters. The van der Waals surface area contributed by atoms with E-state index in [-0.39, 0.29) is 0 Å². The van der Waals surface area contributed by atoms with Crippen LogP contribution in [0.2, 0.25) is 0 Å². The van der Waals surface area contributed by atoms with Crippen LogP contribution in [0.5, 0.6) is 0 Å². The van der Waals surface area contributed by atoms with Crippen LogP contribution < -0.4 is 5.32 Å². The smallest absolute Gasteiger partial charge is 0.108 e. The molecule has 0 spiro atoms. The van der Waals surface area contributed by atoms with Gasteiger partial charge in [0.05, 0.1) is 11.0 Å². The molecule has 16 heavy (non-hydrogen) atoms. The van der Waals surface area contributed by atoms with Crippen molar-refractivity contribution < 1.29 is 0 Å². The minimum atomic E-state index is 0.518. The van der Waals surface area contributed by atoms with Crippen molar-refractivity contribution in [3.8, 4) is 0 Å². The van der Waals surface area contributed by atoms with Gasteiger partial charge in [-0.2, -0.15) is 0 Å². The second-order valence-electron chi connectivity index (χ2n) is 4.44. The van der Waals surface area contributed by atoms with Gasteiger partial charge in [0.1, 0.15) is 5.82 Å². The molecule has 86 valence electrons. The largest absolute Gasteiger partial charge is 0.342 e. The van der Waals surface area contributed by atoms with Crippen LogP contribution in [-0.2, 0) is 6.42 Å². The second kappa shape index (κ2) is 4.66. The maximum atomic E-state index is 4.68. The SMILES string of the molecule is CNCCc1nc2c(C(C)C)cccc2[nH]1. The summed E-state index contributed by atoms with van der Waals surface area (Å²) in [7, 11) is 1.96. The van der Waals surface area contributed by atoms with Crippen LogP contribution in [0.25, 0.3) is 11.0 Å². The minimum Gasteiger partial charge on any atom is -0.342 e. The molecule has 2 N–H and O–H groups in total. The molecule has 0 radical (unpaired) electrons. The Morgan fingerprint density at radius 3 is 2.88 bits per heavy atom. The highest BCUT2D eigenvalue weighted by Crippen LogP contribution is 2.23. The van der Waals surface area contributed by atoms with E-state index in [0.29, 0.717) is 5.92 Å². The van der Waals surface area contributed by atoms with E-state index in [4.69, 9.17) is 0 Å². The average molecular weight is 217 g/mol. The molecule has 2 aromatic rings. The van der Waals surface area contributed by atoms with Gasteiger partial charge in [0.2, 0.25) is 0 Å². The van der Waals surface area contributed by atoms with Crippen LogP contribution in [0.3, 0.4) is 0 Å². The number of aromatic nitrogens is 2. The van der Waals surface area contributed by atoms with E-state index in [0.717, 1.165) is 29.8 Å². The predicted molar refractivity (Wildman–Crippen MR) is 67.8 cm³/mol. The van der Waals surface area contributed by atoms with Gasteiger partial charge in [0.25, 0.3) is 0 Å². The fraction of sp³-hybridized carbons (Fsp3) is 0.462. The molecule has 0 aliphatic rings. The van der Waals surface area contributed by atoms with Crippen LogP contribution in [-0.4, -0.2) is 23.6 Å². The van der Waals surface area contributed by atoms with Crippen molar-refractivity contribution in [3.05, 3.63) is 29.6 Å². The van der Waals surface area contributed by atoms with Crippen molar-refractivity contribution in [2.45, 2.75) is 26.2 Å². The lowest BCUT2D eigenvalue weighted by atomic mass is 10.0. The molecule has 0 aliphatic heterocycles. The fourth-order valence-electron chi connectivity index (χ4n) is 1.93. The van der Waals surface area contributed by atoms with E-state index in [1.807, 2.05) is 7.05 Å². The van der Waals surface area contributed by atoms with Crippen LogP contribution in [0.4, 0.5) is 0 Å². The molecule has 0 fully saturated rings. The standard InChI is InChI=1S/C13H19N3/c1-9(2)10-5-4-6-11-13(10)16-12(15-11)7-8-14-3/h4-6,9,14H,7-8H2,1-3H3,(H,15,16). The minimum absolute atomic E-state index is 0.518. The highest BCUT2D eigenvalue weighted by molar-refractivity contribution is 5.79. The Bertz CT molecular complexity index is 471. The number of rotatable bonds is 4. The Labute approximate surface area is 96.3 Å². The Kier molecular flexibility index (Phi) is 3.25. The van der Waals surface area contributed by atoms with Gasteiger partial charge in [0.15, 0.2) is 0 Å². The van der Waals surface area contributed by atoms with Crippen LogP contribution in [0.15, 0.2) is 18.2 Å². The van der Waals surface area contributed by atoms with Gasteiger partial charge in [-0.1, -0.05) is 26.0 Å². The van der Waals surface area contributed by atoms with Crippen LogP contribution in [0, 0.1) is 0 Å². The molecule has 1 aromatic carbocycles. The Morgan fingerprint density at radius 2 is 2.19 bits per heavy atom. The summed E-state index contributed by atoms with van der Waals surface area (Å²) in [4.78, 5) is 8.05. The van der Waals surface area contributed by atoms with Gasteiger partial charge in [-0.05, 0) is 24.6 Å². The van der Waals surface area contributed by atoms with Crippen molar-refractivity contribution in [2.75, 3.05) is 13.6 Å². The molecule has 0 saturated heterocycles. The van der Waals surface area contributed by atoms with Crippen molar-refractivity contribution in [1.29, 1.82) is 0 Å². The molecular weight excluding hydrogens is 198 g/mol. The van der Waals surface area contributed by atoms with Gasteiger partial charge in [-0.25, -0.2) is 4.98 Å². The van der Waals surface area contributed by atoms with Crippen LogP contribution in [0.1, 0.15) is 31.2 Å². The number of imidazole rings is 1. The van der Waals surface area contributed by atoms with E-state index >= 15 is 0 Å². The third-order valence-corrected chi connectivity index (χ3v) is 2.83. The topological polar surface area (TPSA) is 40.7 Å². The number of nitrogens with one attached hydrogen (secondary N) is 2. The maximum Gasteiger partial charge on any atom is 0.108 e. The number of hydrogen-bond donors (Lipinski definition) is 2. The van der Waals surface area contributed by atoms with Gasteiger partial charge in [0, 0.05) is 13.0 Å². The first-order valence-corrected chi connectivity index (χ1v) is 5.84. The zero-order valence-corrected chi connectivity index (χ0v) is 10.2. The molecule has 1 heterocycles. The third kappa shape index (κ3) is 2.09. The van der Waals surface area contributed by atoms with E-state index < -0.39 is 0 Å². The quantitative estimate of drug-likeness (QED) is 0.826. The molecule has 2 rings (SSSR count). The normalized spacial score (nSPS) is 11.5. The Balaban J connectivity index is 2.40. The summed E-state index contributed by atoms with van der Waals surface area (Å²) in [6.45, 7) is 5.37. The number of hydrogen-bond acceptors (Lipinski definition) is 2. The number of nitrogens with zero attached hydrogens (tertiary/aromatic N) is 1. The van der Waals surface area contributed by atoms with E-state index in [9.17, 15) is 0 Å². The number of benzene rings is 1. The number of aromatic amines is 1. The summed E-state index contributed by atoms with van der Waals surface area (Å²) in [6, 6.07) is 6.35. The first-order valence-electron chi connectivity index (χ1n) is 5.84. The molecule has 0 amide bonds. The Morgan fingerprint density at radius 1 is 1.38 bits per heavy atom. The molecule has 0 bridgehead atoms. The molecule has 1 aromatic heterocycles. The predicted octanol–water partition coefficient (Wildman–Crippen LogP) is 2.45. The number of H-pyrrole nitrogens is 1. The third-order valence-electron chi connectivity index (χ3n) is 2.83. The van der Waals surface area contributed by atoms with Crippen molar-refractivity contribution in [3.63, 3.8) is 0 Å². The lowest BCUT2D eigenvalue weighted by Crippen LogP contribution is -2.10. The lowest BCUT2D eigenvalue weighted by Gasteiger charge is -2.04. The van der Waals surface area contributed by atoms with Gasteiger partial charge in [-0.15, -0.1) is 0 Å². The number of fused-ring (bicyclic) bond motifs is 1. The van der Waals surface area contributed by atoms with Crippen molar-refractivity contribution >= 4 is 11.0 Å². The summed E-state index contributed by atoms with van der Waals surface area (Å²) in [5.41, 5.74) is 3.60. The monoisotopic (exact) mass is 217 g/mol. The Hall–Kier alpha value is -1.35. The molecular formula is C13H19N3. The second-order valence-corrected chi connectivity index (χ2v) is 4.44. The molecule has 3 heteroatoms. The molecule has 3 nitrogen and oxygen atoms in total.